The summed E-state index contributed by atoms with van der Waals surface area (Å²) in [5.74, 6) is -0.529. The van der Waals surface area contributed by atoms with Gasteiger partial charge in [0.25, 0.3) is 5.91 Å². The van der Waals surface area contributed by atoms with Gasteiger partial charge >= 0.3 is 6.36 Å². The Labute approximate surface area is 220 Å². The number of halogens is 5. The molecule has 184 valence electrons. The molecule has 1 saturated heterocycles. The van der Waals surface area contributed by atoms with E-state index in [0.717, 1.165) is 38.6 Å². The molecule has 0 atom stereocenters. The highest BCUT2D eigenvalue weighted by molar-refractivity contribution is 9.11. The number of likely N-dealkylation sites (tertiary alicyclic amines) is 1. The predicted octanol–water partition coefficient (Wildman–Crippen LogP) is 6.63. The van der Waals surface area contributed by atoms with Crippen LogP contribution >= 0.6 is 43.2 Å². The highest BCUT2D eigenvalue weighted by Gasteiger charge is 2.47. The van der Waals surface area contributed by atoms with E-state index in [1.165, 1.54) is 24.3 Å². The zero-order valence-corrected chi connectivity index (χ0v) is 22.1. The number of carbonyl (C=O) groups is 1. The van der Waals surface area contributed by atoms with E-state index < -0.39 is 12.0 Å². The molecule has 12 heteroatoms. The Bertz CT molecular complexity index is 1240. The van der Waals surface area contributed by atoms with Crippen LogP contribution < -0.4 is 15.0 Å². The van der Waals surface area contributed by atoms with Crippen LogP contribution in [0.5, 0.6) is 5.75 Å². The molecule has 6 nitrogen and oxygen atoms in total. The second-order valence-electron chi connectivity index (χ2n) is 8.38. The van der Waals surface area contributed by atoms with Crippen LogP contribution in [0.25, 0.3) is 0 Å². The average Bonchev–Trinajstić information content (AvgIpc) is 3.20. The van der Waals surface area contributed by atoms with Gasteiger partial charge in [0.05, 0.1) is 5.56 Å². The van der Waals surface area contributed by atoms with Crippen molar-refractivity contribution in [2.24, 2.45) is 0 Å². The van der Waals surface area contributed by atoms with Gasteiger partial charge in [0.15, 0.2) is 3.92 Å². The molecule has 2 aliphatic rings. The first-order valence-electron chi connectivity index (χ1n) is 10.7. The summed E-state index contributed by atoms with van der Waals surface area (Å²) in [7, 11) is 0. The molecule has 0 saturated carbocycles. The standard InChI is InChI=1S/C23H19Br2F3N4O2S/c24-14-1-6-18-19(11-14)30-22(7-9-31(10-8-22)13-17-12-29-21(25)35-17)32(20(18)33)15-2-4-16(5-3-15)34-23(26,27)28/h1-6,11-12,30H,7-10,13H2. The summed E-state index contributed by atoms with van der Waals surface area (Å²) in [6.07, 6.45) is -1.67. The first kappa shape index (κ1) is 24.5. The molecular weight excluding hydrogens is 613 g/mol. The van der Waals surface area contributed by atoms with Crippen molar-refractivity contribution in [3.8, 4) is 5.75 Å². The number of rotatable bonds is 4. The Morgan fingerprint density at radius 3 is 2.46 bits per heavy atom. The molecule has 0 bridgehead atoms. The largest absolute Gasteiger partial charge is 0.573 e. The molecule has 1 N–H and O–H groups in total. The summed E-state index contributed by atoms with van der Waals surface area (Å²) in [4.78, 5) is 23.1. The SMILES string of the molecule is O=C1c2ccc(Br)cc2NC2(CCN(Cc3cnc(Br)s3)CC2)N1c1ccc(OC(F)(F)F)cc1. The number of hydrogen-bond donors (Lipinski definition) is 1. The summed E-state index contributed by atoms with van der Waals surface area (Å²) >= 11 is 8.46. The lowest BCUT2D eigenvalue weighted by molar-refractivity contribution is -0.274. The summed E-state index contributed by atoms with van der Waals surface area (Å²) < 4.78 is 43.6. The molecular formula is C23H19Br2F3N4O2S. The van der Waals surface area contributed by atoms with Gasteiger partial charge in [0.2, 0.25) is 0 Å². The van der Waals surface area contributed by atoms with E-state index in [-0.39, 0.29) is 11.7 Å². The van der Waals surface area contributed by atoms with E-state index in [0.29, 0.717) is 24.1 Å². The van der Waals surface area contributed by atoms with Crippen LogP contribution in [0.3, 0.4) is 0 Å². The first-order valence-corrected chi connectivity index (χ1v) is 13.1. The van der Waals surface area contributed by atoms with E-state index >= 15 is 0 Å². The average molecular weight is 632 g/mol. The zero-order valence-electron chi connectivity index (χ0n) is 18.1. The number of hydrogen-bond acceptors (Lipinski definition) is 6. The van der Waals surface area contributed by atoms with Crippen LogP contribution in [-0.2, 0) is 6.54 Å². The summed E-state index contributed by atoms with van der Waals surface area (Å²) in [5, 5.41) is 3.59. The van der Waals surface area contributed by atoms with Crippen molar-refractivity contribution in [2.75, 3.05) is 23.3 Å². The number of nitrogens with one attached hydrogen (secondary N) is 1. The molecule has 0 aliphatic carbocycles. The number of alkyl halides is 3. The fraction of sp³-hybridized carbons (Fsp3) is 0.304. The van der Waals surface area contributed by atoms with Crippen LogP contribution in [0, 0.1) is 0 Å². The maximum atomic E-state index is 13.7. The number of ether oxygens (including phenoxy) is 1. The Kier molecular flexibility index (Phi) is 6.58. The first-order chi connectivity index (χ1) is 16.6. The second kappa shape index (κ2) is 9.38. The number of aromatic nitrogens is 1. The summed E-state index contributed by atoms with van der Waals surface area (Å²) in [5.41, 5.74) is 1.02. The number of anilines is 2. The Morgan fingerprint density at radius 2 is 1.83 bits per heavy atom. The van der Waals surface area contributed by atoms with Crippen LogP contribution in [0.1, 0.15) is 28.1 Å². The third-order valence-corrected chi connectivity index (χ3v) is 8.08. The minimum atomic E-state index is -4.78. The Balaban J connectivity index is 1.45. The molecule has 0 radical (unpaired) electrons. The topological polar surface area (TPSA) is 57.7 Å². The lowest BCUT2D eigenvalue weighted by Crippen LogP contribution is -2.64. The van der Waals surface area contributed by atoms with E-state index in [4.69, 9.17) is 0 Å². The maximum Gasteiger partial charge on any atom is 0.573 e. The highest BCUT2D eigenvalue weighted by atomic mass is 79.9. The van der Waals surface area contributed by atoms with Crippen LogP contribution in [0.4, 0.5) is 24.5 Å². The molecule has 3 aromatic rings. The third-order valence-electron chi connectivity index (χ3n) is 6.13. The molecule has 1 spiro atoms. The quantitative estimate of drug-likeness (QED) is 0.350. The second-order valence-corrected chi connectivity index (χ2v) is 11.7. The number of fused-ring (bicyclic) bond motifs is 1. The number of benzene rings is 2. The Hall–Kier alpha value is -2.15. The molecule has 3 heterocycles. The Morgan fingerprint density at radius 1 is 1.11 bits per heavy atom. The zero-order chi connectivity index (χ0) is 24.8. The van der Waals surface area contributed by atoms with E-state index in [1.807, 2.05) is 12.3 Å². The normalized spacial score (nSPS) is 17.9. The maximum absolute atomic E-state index is 13.7. The van der Waals surface area contributed by atoms with E-state index in [2.05, 4.69) is 51.8 Å². The lowest BCUT2D eigenvalue weighted by Gasteiger charge is -2.52. The molecule has 1 aromatic heterocycles. The van der Waals surface area contributed by atoms with Gasteiger partial charge in [0, 0.05) is 59.4 Å². The number of piperidine rings is 1. The van der Waals surface area contributed by atoms with Crippen molar-refractivity contribution >= 4 is 60.5 Å². The van der Waals surface area contributed by atoms with Crippen LogP contribution in [0.2, 0.25) is 0 Å². The fourth-order valence-electron chi connectivity index (χ4n) is 4.60. The predicted molar refractivity (Wildman–Crippen MR) is 135 cm³/mol. The van der Waals surface area contributed by atoms with Gasteiger partial charge in [-0.1, -0.05) is 15.9 Å². The van der Waals surface area contributed by atoms with Gasteiger partial charge in [-0.15, -0.1) is 24.5 Å². The van der Waals surface area contributed by atoms with Gasteiger partial charge in [0.1, 0.15) is 11.4 Å². The third kappa shape index (κ3) is 5.20. The molecule has 2 aromatic carbocycles. The van der Waals surface area contributed by atoms with Gasteiger partial charge in [-0.3, -0.25) is 14.6 Å². The lowest BCUT2D eigenvalue weighted by atomic mass is 9.89. The minimum Gasteiger partial charge on any atom is -0.406 e. The number of amides is 1. The van der Waals surface area contributed by atoms with E-state index in [9.17, 15) is 18.0 Å². The van der Waals surface area contributed by atoms with Gasteiger partial charge in [-0.25, -0.2) is 4.98 Å². The number of thiazole rings is 1. The minimum absolute atomic E-state index is 0.199. The molecule has 35 heavy (non-hydrogen) atoms. The van der Waals surface area contributed by atoms with Crippen molar-refractivity contribution in [3.63, 3.8) is 0 Å². The summed E-state index contributed by atoms with van der Waals surface area (Å²) in [6.45, 7) is 2.22. The van der Waals surface area contributed by atoms with Crippen molar-refractivity contribution in [1.82, 2.24) is 9.88 Å². The van der Waals surface area contributed by atoms with Crippen LogP contribution in [-0.4, -0.2) is 40.9 Å². The van der Waals surface area contributed by atoms with Gasteiger partial charge in [-0.2, -0.15) is 0 Å². The smallest absolute Gasteiger partial charge is 0.406 e. The monoisotopic (exact) mass is 630 g/mol. The van der Waals surface area contributed by atoms with Crippen molar-refractivity contribution in [3.05, 3.63) is 67.5 Å². The van der Waals surface area contributed by atoms with Crippen molar-refractivity contribution < 1.29 is 22.7 Å². The summed E-state index contributed by atoms with van der Waals surface area (Å²) in [6, 6.07) is 10.9. The van der Waals surface area contributed by atoms with Gasteiger partial charge < -0.3 is 10.1 Å². The number of nitrogens with zero attached hydrogens (tertiary/aromatic N) is 3. The van der Waals surface area contributed by atoms with Crippen LogP contribution in [0.15, 0.2) is 57.1 Å². The van der Waals surface area contributed by atoms with E-state index in [1.54, 1.807) is 28.4 Å². The highest BCUT2D eigenvalue weighted by Crippen LogP contribution is 2.42. The van der Waals surface area contributed by atoms with Gasteiger partial charge in [-0.05, 0) is 58.4 Å². The van der Waals surface area contributed by atoms with Crippen molar-refractivity contribution in [1.29, 1.82) is 0 Å². The molecule has 1 amide bonds. The fourth-order valence-corrected chi connectivity index (χ4v) is 6.36. The molecule has 2 aliphatic heterocycles. The number of carbonyl (C=O) groups excluding carboxylic acids is 1. The molecule has 5 rings (SSSR count). The van der Waals surface area contributed by atoms with Crippen molar-refractivity contribution in [2.45, 2.75) is 31.4 Å². The molecule has 0 unspecified atom stereocenters. The molecule has 1 fully saturated rings.